The van der Waals surface area contributed by atoms with Crippen molar-refractivity contribution >= 4 is 27.7 Å². The highest BCUT2D eigenvalue weighted by molar-refractivity contribution is 9.10. The first kappa shape index (κ1) is 11.2. The number of hydrogen-bond acceptors (Lipinski definition) is 4. The molecule has 1 aromatic carbocycles. The van der Waals surface area contributed by atoms with Gasteiger partial charge in [0, 0.05) is 9.37 Å². The minimum Gasteiger partial charge on any atom is -0.439 e. The highest BCUT2D eigenvalue weighted by Gasteiger charge is 2.05. The lowest BCUT2D eigenvalue weighted by atomic mass is 10.2. The Morgan fingerprint density at radius 1 is 1.44 bits per heavy atom. The lowest BCUT2D eigenvalue weighted by Gasteiger charge is -1.99. The molecule has 0 amide bonds. The van der Waals surface area contributed by atoms with Crippen molar-refractivity contribution in [3.05, 3.63) is 40.2 Å². The number of oxazole rings is 1. The van der Waals surface area contributed by atoms with E-state index < -0.39 is 0 Å². The number of benzene rings is 1. The first-order valence-electron chi connectivity index (χ1n) is 4.48. The fourth-order valence-electron chi connectivity index (χ4n) is 1.17. The van der Waals surface area contributed by atoms with E-state index >= 15 is 0 Å². The number of aryl methyl sites for hydroxylation is 1. The van der Waals surface area contributed by atoms with Gasteiger partial charge in [-0.3, -0.25) is 0 Å². The molecule has 0 fully saturated rings. The van der Waals surface area contributed by atoms with Crippen LogP contribution in [0.5, 0.6) is 0 Å². The summed E-state index contributed by atoms with van der Waals surface area (Å²) in [6.45, 7) is 1.87. The topological polar surface area (TPSA) is 49.8 Å². The SMILES string of the molecule is Cc1coc(Sc2cc(Br)cc(C#N)c2)n1. The maximum absolute atomic E-state index is 8.84. The standard InChI is InChI=1S/C11H7BrN2OS/c1-7-6-15-11(14-7)16-10-3-8(5-13)2-9(12)4-10/h2-4,6H,1H3. The third-order valence-electron chi connectivity index (χ3n) is 1.80. The molecule has 1 aromatic heterocycles. The highest BCUT2D eigenvalue weighted by Crippen LogP contribution is 2.29. The maximum atomic E-state index is 8.84. The molecule has 3 nitrogen and oxygen atoms in total. The summed E-state index contributed by atoms with van der Waals surface area (Å²) in [5, 5.41) is 9.42. The van der Waals surface area contributed by atoms with Gasteiger partial charge in [-0.15, -0.1) is 0 Å². The van der Waals surface area contributed by atoms with E-state index in [0.29, 0.717) is 10.8 Å². The molecule has 0 aliphatic carbocycles. The van der Waals surface area contributed by atoms with Crippen molar-refractivity contribution < 1.29 is 4.42 Å². The Morgan fingerprint density at radius 2 is 2.25 bits per heavy atom. The molecule has 0 N–H and O–H groups in total. The van der Waals surface area contributed by atoms with Gasteiger partial charge in [-0.1, -0.05) is 15.9 Å². The zero-order valence-corrected chi connectivity index (χ0v) is 10.8. The Labute approximate surface area is 106 Å². The summed E-state index contributed by atoms with van der Waals surface area (Å²) >= 11 is 4.75. The van der Waals surface area contributed by atoms with E-state index in [1.54, 1.807) is 18.4 Å². The minimum absolute atomic E-state index is 0.583. The van der Waals surface area contributed by atoms with Crippen molar-refractivity contribution in [2.45, 2.75) is 17.0 Å². The summed E-state index contributed by atoms with van der Waals surface area (Å²) in [6.07, 6.45) is 1.60. The smallest absolute Gasteiger partial charge is 0.260 e. The molecule has 80 valence electrons. The molecule has 0 aliphatic rings. The second kappa shape index (κ2) is 4.73. The van der Waals surface area contributed by atoms with Crippen LogP contribution in [0.4, 0.5) is 0 Å². The van der Waals surface area contributed by atoms with Crippen LogP contribution in [0, 0.1) is 18.3 Å². The van der Waals surface area contributed by atoms with E-state index in [4.69, 9.17) is 9.68 Å². The number of aromatic nitrogens is 1. The highest BCUT2D eigenvalue weighted by atomic mass is 79.9. The second-order valence-electron chi connectivity index (χ2n) is 3.14. The number of rotatable bonds is 2. The predicted molar refractivity (Wildman–Crippen MR) is 64.2 cm³/mol. The van der Waals surface area contributed by atoms with Gasteiger partial charge in [0.1, 0.15) is 6.26 Å². The average Bonchev–Trinajstić information content (AvgIpc) is 2.63. The van der Waals surface area contributed by atoms with Crippen molar-refractivity contribution in [3.8, 4) is 6.07 Å². The monoisotopic (exact) mass is 294 g/mol. The summed E-state index contributed by atoms with van der Waals surface area (Å²) in [5.41, 5.74) is 1.46. The van der Waals surface area contributed by atoms with E-state index in [1.165, 1.54) is 11.8 Å². The van der Waals surface area contributed by atoms with Crippen LogP contribution in [0.25, 0.3) is 0 Å². The molecular formula is C11H7BrN2OS. The lowest BCUT2D eigenvalue weighted by Crippen LogP contribution is -1.79. The Kier molecular flexibility index (Phi) is 3.32. The second-order valence-corrected chi connectivity index (χ2v) is 5.08. The van der Waals surface area contributed by atoms with Gasteiger partial charge in [-0.05, 0) is 36.9 Å². The first-order chi connectivity index (χ1) is 7.67. The minimum atomic E-state index is 0.583. The van der Waals surface area contributed by atoms with Crippen LogP contribution in [-0.4, -0.2) is 4.98 Å². The predicted octanol–water partition coefficient (Wildman–Crippen LogP) is 3.77. The van der Waals surface area contributed by atoms with Crippen LogP contribution in [0.1, 0.15) is 11.3 Å². The van der Waals surface area contributed by atoms with Crippen LogP contribution in [0.3, 0.4) is 0 Å². The number of nitriles is 1. The van der Waals surface area contributed by atoms with Crippen LogP contribution >= 0.6 is 27.7 Å². The normalized spacial score (nSPS) is 10.1. The van der Waals surface area contributed by atoms with Gasteiger partial charge in [0.15, 0.2) is 0 Å². The van der Waals surface area contributed by atoms with Crippen LogP contribution in [-0.2, 0) is 0 Å². The van der Waals surface area contributed by atoms with Gasteiger partial charge in [-0.25, -0.2) is 4.98 Å². The van der Waals surface area contributed by atoms with Gasteiger partial charge in [-0.2, -0.15) is 5.26 Å². The number of nitrogens with zero attached hydrogens (tertiary/aromatic N) is 2. The van der Waals surface area contributed by atoms with Gasteiger partial charge < -0.3 is 4.42 Å². The van der Waals surface area contributed by atoms with E-state index in [9.17, 15) is 0 Å². The summed E-state index contributed by atoms with van der Waals surface area (Å²) < 4.78 is 6.11. The van der Waals surface area contributed by atoms with E-state index in [1.807, 2.05) is 13.0 Å². The number of halogens is 1. The molecule has 0 saturated heterocycles. The zero-order valence-electron chi connectivity index (χ0n) is 8.40. The van der Waals surface area contributed by atoms with Gasteiger partial charge >= 0.3 is 0 Å². The first-order valence-corrected chi connectivity index (χ1v) is 6.09. The number of hydrogen-bond donors (Lipinski definition) is 0. The van der Waals surface area contributed by atoms with Crippen LogP contribution in [0.2, 0.25) is 0 Å². The van der Waals surface area contributed by atoms with Gasteiger partial charge in [0.25, 0.3) is 5.22 Å². The molecular weight excluding hydrogens is 288 g/mol. The van der Waals surface area contributed by atoms with Crippen molar-refractivity contribution in [1.29, 1.82) is 5.26 Å². The van der Waals surface area contributed by atoms with Crippen molar-refractivity contribution in [3.63, 3.8) is 0 Å². The quantitative estimate of drug-likeness (QED) is 0.846. The molecule has 2 aromatic rings. The van der Waals surface area contributed by atoms with Crippen molar-refractivity contribution in [2.75, 3.05) is 0 Å². The molecule has 0 saturated carbocycles. The van der Waals surface area contributed by atoms with Gasteiger partial charge in [0.05, 0.1) is 17.3 Å². The van der Waals surface area contributed by atoms with Crippen molar-refractivity contribution in [2.24, 2.45) is 0 Å². The summed E-state index contributed by atoms with van der Waals surface area (Å²) in [4.78, 5) is 5.11. The van der Waals surface area contributed by atoms with E-state index in [2.05, 4.69) is 27.0 Å². The Morgan fingerprint density at radius 3 is 2.88 bits per heavy atom. The molecule has 0 unspecified atom stereocenters. The third kappa shape index (κ3) is 2.65. The van der Waals surface area contributed by atoms with Crippen molar-refractivity contribution in [1.82, 2.24) is 4.98 Å². The Hall–Kier alpha value is -1.25. The molecule has 1 heterocycles. The maximum Gasteiger partial charge on any atom is 0.260 e. The van der Waals surface area contributed by atoms with E-state index in [0.717, 1.165) is 15.1 Å². The molecule has 0 atom stereocenters. The average molecular weight is 295 g/mol. The van der Waals surface area contributed by atoms with Crippen LogP contribution in [0.15, 0.2) is 43.5 Å². The Balaban J connectivity index is 2.28. The lowest BCUT2D eigenvalue weighted by molar-refractivity contribution is 0.454. The van der Waals surface area contributed by atoms with Crippen LogP contribution < -0.4 is 0 Å². The molecule has 0 aliphatic heterocycles. The third-order valence-corrected chi connectivity index (χ3v) is 3.09. The fourth-order valence-corrected chi connectivity index (χ4v) is 2.67. The molecule has 0 spiro atoms. The summed E-state index contributed by atoms with van der Waals surface area (Å²) in [7, 11) is 0. The molecule has 0 radical (unpaired) electrons. The van der Waals surface area contributed by atoms with E-state index in [-0.39, 0.29) is 0 Å². The fraction of sp³-hybridized carbons (Fsp3) is 0.0909. The zero-order chi connectivity index (χ0) is 11.5. The van der Waals surface area contributed by atoms with Gasteiger partial charge in [0.2, 0.25) is 0 Å². The largest absolute Gasteiger partial charge is 0.439 e. The molecule has 16 heavy (non-hydrogen) atoms. The molecule has 5 heteroatoms. The summed E-state index contributed by atoms with van der Waals surface area (Å²) in [5.74, 6) is 0. The molecule has 2 rings (SSSR count). The molecule has 0 bridgehead atoms. The summed E-state index contributed by atoms with van der Waals surface area (Å²) in [6, 6.07) is 7.60. The Bertz CT molecular complexity index is 559.